The number of amides is 1. The van der Waals surface area contributed by atoms with Gasteiger partial charge >= 0.3 is 6.18 Å². The Morgan fingerprint density at radius 1 is 0.972 bits per heavy atom. The van der Waals surface area contributed by atoms with E-state index in [1.165, 1.54) is 47.7 Å². The van der Waals surface area contributed by atoms with Crippen molar-refractivity contribution in [3.63, 3.8) is 0 Å². The minimum absolute atomic E-state index is 0.0790. The zero-order valence-corrected chi connectivity index (χ0v) is 41.3. The van der Waals surface area contributed by atoms with E-state index in [0.29, 0.717) is 43.9 Å². The molecule has 374 valence electrons. The fourth-order valence-electron chi connectivity index (χ4n) is 9.75. The maximum Gasteiger partial charge on any atom is 0.416 e. The highest BCUT2D eigenvalue weighted by molar-refractivity contribution is 7.90. The maximum atomic E-state index is 14.0. The van der Waals surface area contributed by atoms with Crippen molar-refractivity contribution in [1.82, 2.24) is 19.6 Å². The summed E-state index contributed by atoms with van der Waals surface area (Å²) in [6.07, 6.45) is 4.42. The SMILES string of the molecule is CC1(C)CCC(CN2CCN(c3ccc(C(=O)NS(=O)(=O)c4ccc(NC[C@H]5CC[C@](C)(O)CC5)c([N+](=O)[O-])c4)c(Oc4cnc5[nH]ccc5c4)c3)CC2)=C(c2cc(-c3ccc(C(F)(F)F)cc3)cs2)C1. The van der Waals surface area contributed by atoms with Gasteiger partial charge in [-0.05, 0) is 140 Å². The van der Waals surface area contributed by atoms with Gasteiger partial charge in [-0.25, -0.2) is 18.1 Å². The molecule has 1 amide bonds. The summed E-state index contributed by atoms with van der Waals surface area (Å²) in [5, 5.41) is 28.4. The van der Waals surface area contributed by atoms with E-state index in [1.807, 2.05) is 11.4 Å². The molecule has 0 spiro atoms. The van der Waals surface area contributed by atoms with Crippen molar-refractivity contribution in [1.29, 1.82) is 0 Å². The molecule has 1 saturated heterocycles. The number of H-pyrrole nitrogens is 1. The summed E-state index contributed by atoms with van der Waals surface area (Å²) < 4.78 is 75.8. The Morgan fingerprint density at radius 2 is 1.72 bits per heavy atom. The number of ether oxygens (including phenoxy) is 1. The van der Waals surface area contributed by atoms with Crippen LogP contribution in [-0.4, -0.2) is 84.1 Å². The first-order valence-corrected chi connectivity index (χ1v) is 26.1. The number of nitrogens with one attached hydrogen (secondary N) is 3. The van der Waals surface area contributed by atoms with Crippen LogP contribution < -0.4 is 19.7 Å². The number of hydrogen-bond acceptors (Lipinski definition) is 12. The average Bonchev–Trinajstić information content (AvgIpc) is 4.02. The molecule has 0 bridgehead atoms. The summed E-state index contributed by atoms with van der Waals surface area (Å²) >= 11 is 1.62. The lowest BCUT2D eigenvalue weighted by Gasteiger charge is -2.39. The lowest BCUT2D eigenvalue weighted by atomic mass is 9.73. The van der Waals surface area contributed by atoms with Crippen LogP contribution in [0, 0.1) is 21.4 Å². The van der Waals surface area contributed by atoms with Gasteiger partial charge in [-0.1, -0.05) is 31.6 Å². The zero-order valence-electron chi connectivity index (χ0n) is 39.6. The van der Waals surface area contributed by atoms with E-state index in [2.05, 4.69) is 49.7 Å². The van der Waals surface area contributed by atoms with Crippen LogP contribution in [-0.2, 0) is 16.2 Å². The van der Waals surface area contributed by atoms with Crippen LogP contribution in [0.15, 0.2) is 107 Å². The van der Waals surface area contributed by atoms with Crippen molar-refractivity contribution in [2.45, 2.75) is 82.4 Å². The van der Waals surface area contributed by atoms with Crippen molar-refractivity contribution in [3.05, 3.63) is 128 Å². The zero-order chi connectivity index (χ0) is 50.3. The Kier molecular flexibility index (Phi) is 13.8. The molecule has 1 aliphatic heterocycles. The number of pyridine rings is 1. The highest BCUT2D eigenvalue weighted by atomic mass is 32.2. The van der Waals surface area contributed by atoms with E-state index in [1.54, 1.807) is 42.7 Å². The quantitative estimate of drug-likeness (QED) is 0.0602. The number of benzene rings is 3. The fourth-order valence-corrected chi connectivity index (χ4v) is 11.8. The monoisotopic (exact) mass is 1010 g/mol. The number of halogens is 3. The number of nitro groups is 1. The number of fused-ring (bicyclic) bond motifs is 1. The van der Waals surface area contributed by atoms with Crippen molar-refractivity contribution >= 4 is 60.9 Å². The molecule has 19 heteroatoms. The number of anilines is 2. The number of piperazine rings is 1. The number of aliphatic hydroxyl groups is 1. The number of alkyl halides is 3. The van der Waals surface area contributed by atoms with Crippen LogP contribution >= 0.6 is 11.3 Å². The van der Waals surface area contributed by atoms with Crippen LogP contribution in [0.1, 0.15) is 86.5 Å². The van der Waals surface area contributed by atoms with E-state index in [4.69, 9.17) is 4.74 Å². The second-order valence-corrected chi connectivity index (χ2v) is 22.6. The Morgan fingerprint density at radius 3 is 2.44 bits per heavy atom. The molecule has 14 nitrogen and oxygen atoms in total. The van der Waals surface area contributed by atoms with E-state index in [-0.39, 0.29) is 28.3 Å². The van der Waals surface area contributed by atoms with Crippen LogP contribution in [0.25, 0.3) is 27.7 Å². The normalized spacial score (nSPS) is 20.0. The standard InChI is InChI=1S/C52H56F3N7O7S2/c1-50(2)16-14-36(43(28-50)47-25-37(32-70-47)34-4-6-38(7-5-34)52(53,54)55)31-60-20-22-61(23-21-60)39-8-10-42(46(26-39)69-40-24-35-15-19-56-48(35)58-30-40)49(63)59-71(67,68)41-9-11-44(45(27-41)62(65)66)57-29-33-12-17-51(3,64)18-13-33/h4-11,15,19,24-27,30,32-33,57,64H,12-14,16-18,20-23,28-29,31H2,1-3H3,(H,56,58)(H,59,63)/t33-,51-. The lowest BCUT2D eigenvalue weighted by molar-refractivity contribution is -0.384. The molecule has 3 aliphatic rings. The number of aromatic nitrogens is 2. The number of nitrogens with zero attached hydrogens (tertiary/aromatic N) is 4. The Bertz CT molecular complexity index is 3090. The van der Waals surface area contributed by atoms with E-state index in [0.717, 1.165) is 97.0 Å². The molecule has 0 radical (unpaired) electrons. The molecule has 2 fully saturated rings. The van der Waals surface area contributed by atoms with Crippen LogP contribution in [0.3, 0.4) is 0 Å². The molecule has 2 aliphatic carbocycles. The minimum Gasteiger partial charge on any atom is -0.455 e. The molecule has 9 rings (SSSR count). The Balaban J connectivity index is 0.909. The van der Waals surface area contributed by atoms with Crippen molar-refractivity contribution < 1.29 is 41.2 Å². The summed E-state index contributed by atoms with van der Waals surface area (Å²) in [5.74, 6) is -0.429. The predicted octanol–water partition coefficient (Wildman–Crippen LogP) is 11.3. The molecule has 1 saturated carbocycles. The highest BCUT2D eigenvalue weighted by Crippen LogP contribution is 2.46. The number of thiophene rings is 1. The largest absolute Gasteiger partial charge is 0.455 e. The Hall–Kier alpha value is -6.28. The summed E-state index contributed by atoms with van der Waals surface area (Å²) in [6, 6.07) is 19.4. The lowest BCUT2D eigenvalue weighted by Crippen LogP contribution is -2.47. The van der Waals surface area contributed by atoms with Crippen molar-refractivity contribution in [2.75, 3.05) is 49.5 Å². The summed E-state index contributed by atoms with van der Waals surface area (Å²) in [5.41, 5.74) is 3.97. The third-order valence-electron chi connectivity index (χ3n) is 14.1. The second kappa shape index (κ2) is 19.7. The molecule has 6 aromatic rings. The third kappa shape index (κ3) is 11.6. The molecular formula is C52H56F3N7O7S2. The number of hydrogen-bond donors (Lipinski definition) is 4. The number of sulfonamides is 1. The molecule has 4 heterocycles. The van der Waals surface area contributed by atoms with Gasteiger partial charge in [0.1, 0.15) is 22.8 Å². The predicted molar refractivity (Wildman–Crippen MR) is 269 cm³/mol. The van der Waals surface area contributed by atoms with Crippen molar-refractivity contribution in [3.8, 4) is 22.6 Å². The fraction of sp³-hybridized carbons (Fsp3) is 0.385. The molecule has 3 aromatic carbocycles. The number of nitro benzene ring substituents is 1. The van der Waals surface area contributed by atoms with E-state index in [9.17, 15) is 41.6 Å². The first-order chi connectivity index (χ1) is 33.7. The van der Waals surface area contributed by atoms with Crippen LogP contribution in [0.4, 0.5) is 30.2 Å². The number of carbonyl (C=O) groups excluding carboxylic acids is 1. The summed E-state index contributed by atoms with van der Waals surface area (Å²) in [7, 11) is -4.62. The third-order valence-corrected chi connectivity index (χ3v) is 16.4. The molecule has 4 N–H and O–H groups in total. The molecule has 3 aromatic heterocycles. The van der Waals surface area contributed by atoms with Crippen molar-refractivity contribution in [2.24, 2.45) is 11.3 Å². The smallest absolute Gasteiger partial charge is 0.416 e. The average molecular weight is 1010 g/mol. The highest BCUT2D eigenvalue weighted by Gasteiger charge is 2.33. The van der Waals surface area contributed by atoms with Gasteiger partial charge < -0.3 is 25.0 Å². The molecule has 0 unspecified atom stereocenters. The van der Waals surface area contributed by atoms with Crippen LogP contribution in [0.2, 0.25) is 0 Å². The minimum atomic E-state index is -4.62. The molecule has 0 atom stereocenters. The first kappa shape index (κ1) is 49.7. The summed E-state index contributed by atoms with van der Waals surface area (Å²) in [4.78, 5) is 38.2. The van der Waals surface area contributed by atoms with Gasteiger partial charge in [0.05, 0.1) is 32.7 Å². The van der Waals surface area contributed by atoms with Gasteiger partial charge in [-0.2, -0.15) is 13.2 Å². The number of allylic oxidation sites excluding steroid dienone is 1. The van der Waals surface area contributed by atoms with E-state index >= 15 is 0 Å². The van der Waals surface area contributed by atoms with Gasteiger partial charge in [0, 0.05) is 73.5 Å². The molecular weight excluding hydrogens is 956 g/mol. The summed E-state index contributed by atoms with van der Waals surface area (Å²) in [6.45, 7) is 10.3. The topological polar surface area (TPSA) is 183 Å². The number of carbonyl (C=O) groups is 1. The van der Waals surface area contributed by atoms with Gasteiger partial charge in [-0.3, -0.25) is 19.8 Å². The number of aromatic amines is 1. The second-order valence-electron chi connectivity index (χ2n) is 20.0. The van der Waals surface area contributed by atoms with Crippen LogP contribution in [0.5, 0.6) is 11.5 Å². The maximum absolute atomic E-state index is 14.0. The van der Waals surface area contributed by atoms with E-state index < -0.39 is 48.8 Å². The Labute approximate surface area is 414 Å². The van der Waals surface area contributed by atoms with Gasteiger partial charge in [-0.15, -0.1) is 11.3 Å². The first-order valence-electron chi connectivity index (χ1n) is 23.7. The van der Waals surface area contributed by atoms with Gasteiger partial charge in [0.2, 0.25) is 0 Å². The van der Waals surface area contributed by atoms with Gasteiger partial charge in [0.25, 0.3) is 21.6 Å². The number of rotatable bonds is 14. The molecule has 71 heavy (non-hydrogen) atoms. The van der Waals surface area contributed by atoms with Gasteiger partial charge in [0.15, 0.2) is 0 Å².